The number of rotatable bonds is 5. The van der Waals surface area contributed by atoms with Crippen LogP contribution in [0.25, 0.3) is 22.3 Å². The van der Waals surface area contributed by atoms with Crippen molar-refractivity contribution in [2.24, 2.45) is 5.73 Å². The number of allylic oxidation sites excluding steroid dienone is 1. The number of fused-ring (bicyclic) bond motifs is 1. The van der Waals surface area contributed by atoms with E-state index in [0.29, 0.717) is 23.0 Å². The summed E-state index contributed by atoms with van der Waals surface area (Å²) in [4.78, 5) is 20.1. The van der Waals surface area contributed by atoms with Crippen molar-refractivity contribution >= 4 is 28.3 Å². The smallest absolute Gasteiger partial charge is 0.273 e. The number of aromatic amines is 1. The van der Waals surface area contributed by atoms with Crippen LogP contribution < -0.4 is 16.4 Å². The average molecular weight is 421 g/mol. The molecule has 0 aliphatic carbocycles. The van der Waals surface area contributed by atoms with Crippen LogP contribution in [-0.4, -0.2) is 44.5 Å². The van der Waals surface area contributed by atoms with Crippen LogP contribution in [0.3, 0.4) is 0 Å². The third-order valence-electron chi connectivity index (χ3n) is 5.91. The molecule has 6 N–H and O–H groups in total. The highest BCUT2D eigenvalue weighted by Crippen LogP contribution is 2.30. The topological polar surface area (TPSA) is 138 Å². The first-order valence-electron chi connectivity index (χ1n) is 10.4. The minimum atomic E-state index is -0.515. The molecule has 0 aromatic carbocycles. The molecule has 4 heterocycles. The fourth-order valence-corrected chi connectivity index (χ4v) is 3.90. The number of nitrogens with zero attached hydrogens (tertiary/aromatic N) is 3. The molecule has 31 heavy (non-hydrogen) atoms. The summed E-state index contributed by atoms with van der Waals surface area (Å²) in [6.45, 7) is 7.45. The highest BCUT2D eigenvalue weighted by molar-refractivity contribution is 6.47. The molecule has 0 bridgehead atoms. The number of hydrogen-bond acceptors (Lipinski definition) is 6. The quantitative estimate of drug-likeness (QED) is 0.404. The van der Waals surface area contributed by atoms with Crippen LogP contribution in [-0.2, 0) is 4.79 Å². The second-order valence-electron chi connectivity index (χ2n) is 8.05. The van der Waals surface area contributed by atoms with Crippen molar-refractivity contribution < 1.29 is 4.79 Å². The maximum Gasteiger partial charge on any atom is 0.273 e. The molecule has 9 heteroatoms. The Hall–Kier alpha value is -3.46. The first-order valence-corrected chi connectivity index (χ1v) is 10.4. The number of nitrogens with two attached hydrogens (primary N) is 1. The van der Waals surface area contributed by atoms with Crippen molar-refractivity contribution in [3.63, 3.8) is 0 Å². The molecule has 0 atom stereocenters. The Morgan fingerprint density at radius 1 is 1.26 bits per heavy atom. The van der Waals surface area contributed by atoms with E-state index < -0.39 is 5.91 Å². The number of pyridine rings is 1. The van der Waals surface area contributed by atoms with Crippen LogP contribution >= 0.6 is 0 Å². The lowest BCUT2D eigenvalue weighted by molar-refractivity contribution is -0.110. The van der Waals surface area contributed by atoms with E-state index >= 15 is 0 Å². The van der Waals surface area contributed by atoms with E-state index in [4.69, 9.17) is 11.1 Å². The second-order valence-corrected chi connectivity index (χ2v) is 8.05. The molecule has 1 fully saturated rings. The van der Waals surface area contributed by atoms with Crippen LogP contribution in [0.2, 0.25) is 0 Å². The highest BCUT2D eigenvalue weighted by atomic mass is 16.1. The number of carbonyl (C=O) groups excluding carboxylic acids is 1. The molecular formula is C22H28N8O. The lowest BCUT2D eigenvalue weighted by Gasteiger charge is -2.24. The standard InChI is InChI=1S/C22H28N8O/c1-12(13(2)23)20(24)22(31)28-16-8-15-9-19(29-21(15)26-10-16)18-11-27-30(14(18)3)17-4-6-25-7-5-17/h8-11,17,24-25H,4-7,23H2,1-3H3,(H,26,29)(H,28,31)/b13-12-,24-20?. The first kappa shape index (κ1) is 20.8. The van der Waals surface area contributed by atoms with E-state index in [1.165, 1.54) is 0 Å². The molecular weight excluding hydrogens is 392 g/mol. The van der Waals surface area contributed by atoms with Gasteiger partial charge in [0, 0.05) is 22.3 Å². The number of aromatic nitrogens is 4. The van der Waals surface area contributed by atoms with Gasteiger partial charge in [-0.1, -0.05) is 0 Å². The zero-order valence-electron chi connectivity index (χ0n) is 18.0. The molecule has 3 aromatic heterocycles. The lowest BCUT2D eigenvalue weighted by Crippen LogP contribution is -2.30. The Balaban J connectivity index is 1.57. The highest BCUT2D eigenvalue weighted by Gasteiger charge is 2.20. The van der Waals surface area contributed by atoms with E-state index in [2.05, 4.69) is 37.3 Å². The first-order chi connectivity index (χ1) is 14.8. The zero-order valence-corrected chi connectivity index (χ0v) is 18.0. The van der Waals surface area contributed by atoms with Gasteiger partial charge in [-0.15, -0.1) is 0 Å². The molecule has 4 rings (SSSR count). The van der Waals surface area contributed by atoms with Gasteiger partial charge in [0.15, 0.2) is 0 Å². The minimum absolute atomic E-state index is 0.157. The Morgan fingerprint density at radius 3 is 2.71 bits per heavy atom. The molecule has 1 saturated heterocycles. The summed E-state index contributed by atoms with van der Waals surface area (Å²) >= 11 is 0. The molecule has 9 nitrogen and oxygen atoms in total. The molecule has 1 aliphatic heterocycles. The van der Waals surface area contributed by atoms with Gasteiger partial charge >= 0.3 is 0 Å². The number of piperidine rings is 1. The van der Waals surface area contributed by atoms with Crippen LogP contribution in [0.15, 0.2) is 35.8 Å². The van der Waals surface area contributed by atoms with E-state index in [9.17, 15) is 4.79 Å². The number of nitrogens with one attached hydrogen (secondary N) is 4. The predicted octanol–water partition coefficient (Wildman–Crippen LogP) is 2.87. The largest absolute Gasteiger partial charge is 0.402 e. The fourth-order valence-electron chi connectivity index (χ4n) is 3.90. The van der Waals surface area contributed by atoms with Crippen molar-refractivity contribution in [2.75, 3.05) is 18.4 Å². The van der Waals surface area contributed by atoms with Crippen LogP contribution in [0.5, 0.6) is 0 Å². The third kappa shape index (κ3) is 4.09. The van der Waals surface area contributed by atoms with Gasteiger partial charge in [-0.05, 0) is 64.4 Å². The Labute approximate surface area is 180 Å². The monoisotopic (exact) mass is 420 g/mol. The molecule has 0 saturated carbocycles. The average Bonchev–Trinajstić information content (AvgIpc) is 3.35. The molecule has 1 aliphatic rings. The fraction of sp³-hybridized carbons (Fsp3) is 0.364. The molecule has 0 radical (unpaired) electrons. The van der Waals surface area contributed by atoms with Crippen molar-refractivity contribution in [1.82, 2.24) is 25.1 Å². The Kier molecular flexibility index (Phi) is 5.60. The lowest BCUT2D eigenvalue weighted by atomic mass is 10.1. The normalized spacial score (nSPS) is 15.7. The van der Waals surface area contributed by atoms with Crippen LogP contribution in [0, 0.1) is 12.3 Å². The third-order valence-corrected chi connectivity index (χ3v) is 5.91. The Bertz CT molecular complexity index is 1180. The van der Waals surface area contributed by atoms with Crippen LogP contribution in [0.1, 0.15) is 38.4 Å². The predicted molar refractivity (Wildman–Crippen MR) is 122 cm³/mol. The molecule has 0 spiro atoms. The summed E-state index contributed by atoms with van der Waals surface area (Å²) in [5, 5.41) is 19.6. The minimum Gasteiger partial charge on any atom is -0.402 e. The molecule has 3 aromatic rings. The van der Waals surface area contributed by atoms with Gasteiger partial charge in [0.05, 0.1) is 29.8 Å². The van der Waals surface area contributed by atoms with Gasteiger partial charge in [0.2, 0.25) is 0 Å². The Morgan fingerprint density at radius 2 is 2.00 bits per heavy atom. The number of H-pyrrole nitrogens is 1. The maximum absolute atomic E-state index is 12.3. The summed E-state index contributed by atoms with van der Waals surface area (Å²) in [6, 6.07) is 4.27. The summed E-state index contributed by atoms with van der Waals surface area (Å²) in [7, 11) is 0. The summed E-state index contributed by atoms with van der Waals surface area (Å²) in [5.41, 5.74) is 10.8. The second kappa shape index (κ2) is 8.35. The number of anilines is 1. The van der Waals surface area contributed by atoms with Gasteiger partial charge in [-0.25, -0.2) is 4.98 Å². The van der Waals surface area contributed by atoms with Crippen molar-refractivity contribution in [3.8, 4) is 11.3 Å². The van der Waals surface area contributed by atoms with Gasteiger partial charge in [-0.2, -0.15) is 5.10 Å². The summed E-state index contributed by atoms with van der Waals surface area (Å²) < 4.78 is 2.13. The van der Waals surface area contributed by atoms with E-state index in [0.717, 1.165) is 53.9 Å². The number of hydrogen-bond donors (Lipinski definition) is 5. The van der Waals surface area contributed by atoms with Crippen molar-refractivity contribution in [1.29, 1.82) is 5.41 Å². The van der Waals surface area contributed by atoms with Crippen molar-refractivity contribution in [3.05, 3.63) is 41.5 Å². The van der Waals surface area contributed by atoms with Crippen LogP contribution in [0.4, 0.5) is 5.69 Å². The van der Waals surface area contributed by atoms with E-state index in [1.807, 2.05) is 18.3 Å². The molecule has 1 amide bonds. The molecule has 162 valence electrons. The number of carbonyl (C=O) groups is 1. The summed E-state index contributed by atoms with van der Waals surface area (Å²) in [5.74, 6) is -0.515. The van der Waals surface area contributed by atoms with Gasteiger partial charge < -0.3 is 21.4 Å². The van der Waals surface area contributed by atoms with E-state index in [1.54, 1.807) is 20.0 Å². The summed E-state index contributed by atoms with van der Waals surface area (Å²) in [6.07, 6.45) is 5.63. The van der Waals surface area contributed by atoms with Gasteiger partial charge in [-0.3, -0.25) is 14.9 Å². The van der Waals surface area contributed by atoms with Gasteiger partial charge in [0.1, 0.15) is 11.4 Å². The van der Waals surface area contributed by atoms with E-state index in [-0.39, 0.29) is 5.71 Å². The number of amides is 1. The maximum atomic E-state index is 12.3. The SMILES string of the molecule is C/C(N)=C(\C)C(=N)C(=O)Nc1cnc2[nH]c(-c3cnn(C4CCNCC4)c3C)cc2c1. The molecule has 0 unspecified atom stereocenters. The van der Waals surface area contributed by atoms with Gasteiger partial charge in [0.25, 0.3) is 5.91 Å². The van der Waals surface area contributed by atoms with Crippen molar-refractivity contribution in [2.45, 2.75) is 39.7 Å². The zero-order chi connectivity index (χ0) is 22.1.